The van der Waals surface area contributed by atoms with Gasteiger partial charge in [-0.25, -0.2) is 4.98 Å². The van der Waals surface area contributed by atoms with Crippen LogP contribution < -0.4 is 4.90 Å². The Labute approximate surface area is 133 Å². The van der Waals surface area contributed by atoms with Crippen LogP contribution in [0.15, 0.2) is 42.7 Å². The number of hydrogen-bond donors (Lipinski definition) is 0. The molecule has 0 saturated carbocycles. The van der Waals surface area contributed by atoms with Crippen LogP contribution in [0.3, 0.4) is 0 Å². The van der Waals surface area contributed by atoms with Gasteiger partial charge in [-0.05, 0) is 0 Å². The van der Waals surface area contributed by atoms with E-state index >= 15 is 0 Å². The molecule has 0 amide bonds. The number of benzene rings is 1. The first kappa shape index (κ1) is 13.9. The fraction of sp³-hybridized carbons (Fsp3) is 0.294. The molecule has 0 spiro atoms. The molecule has 6 nitrogen and oxygen atoms in total. The van der Waals surface area contributed by atoms with Crippen LogP contribution in [0, 0.1) is 5.92 Å². The van der Waals surface area contributed by atoms with E-state index in [0.717, 1.165) is 17.1 Å². The van der Waals surface area contributed by atoms with E-state index in [1.54, 1.807) is 4.52 Å². The van der Waals surface area contributed by atoms with E-state index in [4.69, 9.17) is 0 Å². The van der Waals surface area contributed by atoms with E-state index in [-0.39, 0.29) is 5.92 Å². The Hall–Kier alpha value is -2.76. The number of piperidine rings is 1. The summed E-state index contributed by atoms with van der Waals surface area (Å²) in [6.07, 6.45) is 2.08. The number of ketones is 1. The predicted octanol–water partition coefficient (Wildman–Crippen LogP) is 2.21. The number of rotatable bonds is 2. The van der Waals surface area contributed by atoms with Crippen molar-refractivity contribution in [1.29, 1.82) is 0 Å². The Balaban J connectivity index is 1.82. The number of aromatic nitrogens is 4. The van der Waals surface area contributed by atoms with E-state index in [2.05, 4.69) is 20.0 Å². The molecule has 4 rings (SSSR count). The standard InChI is InChI=1S/C17H17N5O/c1-12-10-21(8-7-15(12)23)16-9-14(13-5-3-2-4-6-13)20-17-18-11-19-22(16)17/h2-6,9,11-12H,7-8,10H2,1H3. The minimum Gasteiger partial charge on any atom is -0.355 e. The summed E-state index contributed by atoms with van der Waals surface area (Å²) < 4.78 is 1.74. The van der Waals surface area contributed by atoms with Gasteiger partial charge in [0.15, 0.2) is 0 Å². The molecule has 0 radical (unpaired) electrons. The van der Waals surface area contributed by atoms with Gasteiger partial charge in [-0.2, -0.15) is 14.6 Å². The van der Waals surface area contributed by atoms with E-state index in [1.165, 1.54) is 6.33 Å². The quantitative estimate of drug-likeness (QED) is 0.726. The number of Topliss-reactive ketones (excluding diaryl/α,β-unsaturated/α-hetero) is 1. The minimum absolute atomic E-state index is 0.0377. The lowest BCUT2D eigenvalue weighted by molar-refractivity contribution is -0.122. The minimum atomic E-state index is 0.0377. The van der Waals surface area contributed by atoms with Crippen molar-refractivity contribution in [3.63, 3.8) is 0 Å². The van der Waals surface area contributed by atoms with Gasteiger partial charge in [-0.1, -0.05) is 37.3 Å². The summed E-state index contributed by atoms with van der Waals surface area (Å²) in [6, 6.07) is 12.1. The summed E-state index contributed by atoms with van der Waals surface area (Å²) in [7, 11) is 0. The van der Waals surface area contributed by atoms with Crippen molar-refractivity contribution in [2.24, 2.45) is 5.92 Å². The third-order valence-electron chi connectivity index (χ3n) is 4.30. The lowest BCUT2D eigenvalue weighted by Gasteiger charge is -2.31. The Morgan fingerprint density at radius 2 is 2.04 bits per heavy atom. The molecule has 23 heavy (non-hydrogen) atoms. The molecule has 0 bridgehead atoms. The van der Waals surface area contributed by atoms with Crippen molar-refractivity contribution >= 4 is 17.4 Å². The zero-order valence-electron chi connectivity index (χ0n) is 12.9. The van der Waals surface area contributed by atoms with Gasteiger partial charge in [0.05, 0.1) is 5.69 Å². The van der Waals surface area contributed by atoms with Crippen LogP contribution in [0.25, 0.3) is 17.0 Å². The number of fused-ring (bicyclic) bond motifs is 1. The van der Waals surface area contributed by atoms with Gasteiger partial charge >= 0.3 is 0 Å². The Morgan fingerprint density at radius 1 is 1.22 bits per heavy atom. The summed E-state index contributed by atoms with van der Waals surface area (Å²) >= 11 is 0. The van der Waals surface area contributed by atoms with Crippen molar-refractivity contribution in [3.05, 3.63) is 42.7 Å². The summed E-state index contributed by atoms with van der Waals surface area (Å²) in [6.45, 7) is 3.38. The summed E-state index contributed by atoms with van der Waals surface area (Å²) in [5.74, 6) is 1.88. The Kier molecular flexibility index (Phi) is 3.29. The number of anilines is 1. The lowest BCUT2D eigenvalue weighted by atomic mass is 9.98. The number of nitrogens with zero attached hydrogens (tertiary/aromatic N) is 5. The molecular weight excluding hydrogens is 290 g/mol. The van der Waals surface area contributed by atoms with Gasteiger partial charge in [0, 0.05) is 37.1 Å². The maximum Gasteiger partial charge on any atom is 0.254 e. The first-order valence-electron chi connectivity index (χ1n) is 7.76. The molecule has 1 unspecified atom stereocenters. The first-order chi connectivity index (χ1) is 11.2. The molecule has 1 saturated heterocycles. The fourth-order valence-electron chi connectivity index (χ4n) is 3.00. The molecule has 1 fully saturated rings. The first-order valence-corrected chi connectivity index (χ1v) is 7.76. The molecule has 1 aliphatic heterocycles. The van der Waals surface area contributed by atoms with Crippen molar-refractivity contribution in [2.45, 2.75) is 13.3 Å². The average molecular weight is 307 g/mol. The van der Waals surface area contributed by atoms with Crippen molar-refractivity contribution < 1.29 is 4.79 Å². The number of hydrogen-bond acceptors (Lipinski definition) is 5. The number of carbonyl (C=O) groups is 1. The topological polar surface area (TPSA) is 63.4 Å². The molecule has 3 aromatic rings. The Bertz CT molecular complexity index is 858. The second-order valence-corrected chi connectivity index (χ2v) is 5.90. The van der Waals surface area contributed by atoms with E-state index < -0.39 is 0 Å². The lowest BCUT2D eigenvalue weighted by Crippen LogP contribution is -2.40. The van der Waals surface area contributed by atoms with Crippen LogP contribution in [0.4, 0.5) is 5.82 Å². The summed E-state index contributed by atoms with van der Waals surface area (Å²) in [5.41, 5.74) is 1.91. The van der Waals surface area contributed by atoms with Crippen LogP contribution in [-0.4, -0.2) is 38.5 Å². The maximum atomic E-state index is 11.8. The monoisotopic (exact) mass is 307 g/mol. The predicted molar refractivity (Wildman–Crippen MR) is 87.2 cm³/mol. The van der Waals surface area contributed by atoms with Gasteiger partial charge in [-0.3, -0.25) is 4.79 Å². The van der Waals surface area contributed by atoms with E-state index in [1.807, 2.05) is 43.3 Å². The second-order valence-electron chi connectivity index (χ2n) is 5.90. The normalized spacial score (nSPS) is 18.6. The van der Waals surface area contributed by atoms with Gasteiger partial charge < -0.3 is 4.90 Å². The fourth-order valence-corrected chi connectivity index (χ4v) is 3.00. The largest absolute Gasteiger partial charge is 0.355 e. The highest BCUT2D eigenvalue weighted by Crippen LogP contribution is 2.26. The highest BCUT2D eigenvalue weighted by Gasteiger charge is 2.26. The molecule has 1 atom stereocenters. The second kappa shape index (κ2) is 5.46. The van der Waals surface area contributed by atoms with Gasteiger partial charge in [0.2, 0.25) is 0 Å². The smallest absolute Gasteiger partial charge is 0.254 e. The molecule has 0 N–H and O–H groups in total. The van der Waals surface area contributed by atoms with Crippen LogP contribution in [0.5, 0.6) is 0 Å². The SMILES string of the molecule is CC1CN(c2cc(-c3ccccc3)nc3ncnn23)CCC1=O. The average Bonchev–Trinajstić information content (AvgIpc) is 3.06. The van der Waals surface area contributed by atoms with E-state index in [9.17, 15) is 4.79 Å². The van der Waals surface area contributed by atoms with Gasteiger partial charge in [-0.15, -0.1) is 0 Å². The van der Waals surface area contributed by atoms with Crippen LogP contribution in [0.2, 0.25) is 0 Å². The molecule has 6 heteroatoms. The zero-order chi connectivity index (χ0) is 15.8. The van der Waals surface area contributed by atoms with Crippen LogP contribution in [0.1, 0.15) is 13.3 Å². The van der Waals surface area contributed by atoms with Crippen LogP contribution >= 0.6 is 0 Å². The number of carbonyl (C=O) groups excluding carboxylic acids is 1. The van der Waals surface area contributed by atoms with Gasteiger partial charge in [0.1, 0.15) is 17.9 Å². The molecular formula is C17H17N5O. The van der Waals surface area contributed by atoms with Crippen molar-refractivity contribution in [1.82, 2.24) is 19.6 Å². The molecule has 116 valence electrons. The molecule has 2 aromatic heterocycles. The summed E-state index contributed by atoms with van der Waals surface area (Å²) in [4.78, 5) is 22.8. The maximum absolute atomic E-state index is 11.8. The highest BCUT2D eigenvalue weighted by molar-refractivity contribution is 5.83. The van der Waals surface area contributed by atoms with Gasteiger partial charge in [0.25, 0.3) is 5.78 Å². The van der Waals surface area contributed by atoms with Crippen molar-refractivity contribution in [2.75, 3.05) is 18.0 Å². The third-order valence-corrected chi connectivity index (χ3v) is 4.30. The summed E-state index contributed by atoms with van der Waals surface area (Å²) in [5, 5.41) is 4.29. The van der Waals surface area contributed by atoms with E-state index in [0.29, 0.717) is 31.1 Å². The molecule has 1 aromatic carbocycles. The molecule has 0 aliphatic carbocycles. The highest BCUT2D eigenvalue weighted by atomic mass is 16.1. The molecule has 1 aliphatic rings. The van der Waals surface area contributed by atoms with Crippen LogP contribution in [-0.2, 0) is 4.79 Å². The Morgan fingerprint density at radius 3 is 2.83 bits per heavy atom. The van der Waals surface area contributed by atoms with Crippen molar-refractivity contribution in [3.8, 4) is 11.3 Å². The third kappa shape index (κ3) is 2.46. The molecule has 3 heterocycles. The zero-order valence-corrected chi connectivity index (χ0v) is 12.9.